The summed E-state index contributed by atoms with van der Waals surface area (Å²) < 4.78 is 4.46. The zero-order valence-corrected chi connectivity index (χ0v) is 14.7. The number of aliphatic hydroxyl groups is 1. The Bertz CT molecular complexity index is 274. The molecular weight excluding hydrogens is 276 g/mol. The topological polar surface area (TPSA) is 46.5 Å². The van der Waals surface area contributed by atoms with Crippen molar-refractivity contribution in [3.63, 3.8) is 0 Å². The summed E-state index contributed by atoms with van der Waals surface area (Å²) in [7, 11) is 1.29. The molecule has 0 saturated heterocycles. The second-order valence-electron chi connectivity index (χ2n) is 6.07. The van der Waals surface area contributed by atoms with Crippen LogP contribution in [-0.2, 0) is 9.53 Å². The van der Waals surface area contributed by atoms with Crippen LogP contribution in [-0.4, -0.2) is 24.3 Å². The number of allylic oxidation sites excluding steroid dienone is 1. The standard InChI is InChI=1S/C19H36O3/c1-3-4-5-6-7-8-9-10-11-12-13-14-15-16-17-18(20)19(21)22-2/h15-16,18,20H,3-14,17H2,1-2H3/b16-15+. The summed E-state index contributed by atoms with van der Waals surface area (Å²) in [5, 5.41) is 9.38. The number of carbonyl (C=O) groups excluding carboxylic acids is 1. The molecule has 0 saturated carbocycles. The van der Waals surface area contributed by atoms with Crippen molar-refractivity contribution in [3.8, 4) is 0 Å². The molecule has 0 aromatic heterocycles. The van der Waals surface area contributed by atoms with Crippen molar-refractivity contribution < 1.29 is 14.6 Å². The van der Waals surface area contributed by atoms with Crippen LogP contribution in [0.25, 0.3) is 0 Å². The van der Waals surface area contributed by atoms with E-state index in [1.807, 2.05) is 6.08 Å². The van der Waals surface area contributed by atoms with Crippen LogP contribution in [0.1, 0.15) is 90.4 Å². The molecule has 0 fully saturated rings. The van der Waals surface area contributed by atoms with Crippen LogP contribution < -0.4 is 0 Å². The van der Waals surface area contributed by atoms with Gasteiger partial charge in [0, 0.05) is 6.42 Å². The molecule has 1 atom stereocenters. The van der Waals surface area contributed by atoms with E-state index in [9.17, 15) is 9.90 Å². The lowest BCUT2D eigenvalue weighted by molar-refractivity contribution is -0.150. The van der Waals surface area contributed by atoms with Gasteiger partial charge in [-0.3, -0.25) is 0 Å². The van der Waals surface area contributed by atoms with Crippen LogP contribution >= 0.6 is 0 Å². The molecule has 1 N–H and O–H groups in total. The minimum atomic E-state index is -1.02. The molecule has 0 aromatic carbocycles. The quantitative estimate of drug-likeness (QED) is 0.258. The molecule has 0 aliphatic heterocycles. The predicted octanol–water partition coefficient (Wildman–Crippen LogP) is 5.17. The van der Waals surface area contributed by atoms with Crippen molar-refractivity contribution in [1.82, 2.24) is 0 Å². The van der Waals surface area contributed by atoms with Gasteiger partial charge in [0.15, 0.2) is 6.10 Å². The van der Waals surface area contributed by atoms with Gasteiger partial charge < -0.3 is 9.84 Å². The van der Waals surface area contributed by atoms with Crippen molar-refractivity contribution in [2.24, 2.45) is 0 Å². The fourth-order valence-electron chi connectivity index (χ4n) is 2.50. The van der Waals surface area contributed by atoms with E-state index in [0.717, 1.165) is 6.42 Å². The van der Waals surface area contributed by atoms with Gasteiger partial charge in [-0.05, 0) is 12.8 Å². The van der Waals surface area contributed by atoms with Crippen molar-refractivity contribution in [3.05, 3.63) is 12.2 Å². The number of hydrogen-bond acceptors (Lipinski definition) is 3. The summed E-state index contributed by atoms with van der Waals surface area (Å²) in [6.07, 6.45) is 19.2. The third-order valence-corrected chi connectivity index (χ3v) is 3.97. The molecule has 3 heteroatoms. The molecule has 0 rings (SSSR count). The summed E-state index contributed by atoms with van der Waals surface area (Å²) in [6.45, 7) is 2.26. The number of aliphatic hydroxyl groups excluding tert-OH is 1. The summed E-state index contributed by atoms with van der Waals surface area (Å²) in [6, 6.07) is 0. The first-order valence-electron chi connectivity index (χ1n) is 9.13. The summed E-state index contributed by atoms with van der Waals surface area (Å²) in [5.41, 5.74) is 0. The highest BCUT2D eigenvalue weighted by Crippen LogP contribution is 2.12. The van der Waals surface area contributed by atoms with Gasteiger partial charge in [0.05, 0.1) is 7.11 Å². The first-order chi connectivity index (χ1) is 10.7. The molecule has 3 nitrogen and oxygen atoms in total. The van der Waals surface area contributed by atoms with Gasteiger partial charge in [0.2, 0.25) is 0 Å². The molecule has 0 aromatic rings. The van der Waals surface area contributed by atoms with Gasteiger partial charge in [-0.1, -0.05) is 83.3 Å². The molecule has 1 unspecified atom stereocenters. The van der Waals surface area contributed by atoms with Gasteiger partial charge >= 0.3 is 5.97 Å². The number of methoxy groups -OCH3 is 1. The SMILES string of the molecule is CCCCCCCCCCCCC/C=C/CC(O)C(=O)OC. The number of rotatable bonds is 15. The van der Waals surface area contributed by atoms with Crippen molar-refractivity contribution in [2.75, 3.05) is 7.11 Å². The van der Waals surface area contributed by atoms with Crippen molar-refractivity contribution >= 4 is 5.97 Å². The molecule has 0 heterocycles. The second-order valence-corrected chi connectivity index (χ2v) is 6.07. The third-order valence-electron chi connectivity index (χ3n) is 3.97. The number of esters is 1. The van der Waals surface area contributed by atoms with E-state index in [1.54, 1.807) is 0 Å². The van der Waals surface area contributed by atoms with E-state index >= 15 is 0 Å². The largest absolute Gasteiger partial charge is 0.467 e. The Morgan fingerprint density at radius 1 is 0.909 bits per heavy atom. The first-order valence-corrected chi connectivity index (χ1v) is 9.13. The zero-order chi connectivity index (χ0) is 16.5. The van der Waals surface area contributed by atoms with Gasteiger partial charge in [0.25, 0.3) is 0 Å². The van der Waals surface area contributed by atoms with Crippen molar-refractivity contribution in [1.29, 1.82) is 0 Å². The molecule has 22 heavy (non-hydrogen) atoms. The lowest BCUT2D eigenvalue weighted by Gasteiger charge is -2.04. The Hall–Kier alpha value is -0.830. The summed E-state index contributed by atoms with van der Waals surface area (Å²) >= 11 is 0. The monoisotopic (exact) mass is 312 g/mol. The van der Waals surface area contributed by atoms with Crippen LogP contribution in [0.15, 0.2) is 12.2 Å². The van der Waals surface area contributed by atoms with E-state index in [0.29, 0.717) is 6.42 Å². The first kappa shape index (κ1) is 21.2. The lowest BCUT2D eigenvalue weighted by Crippen LogP contribution is -2.20. The van der Waals surface area contributed by atoms with Crippen LogP contribution in [0, 0.1) is 0 Å². The van der Waals surface area contributed by atoms with Gasteiger partial charge in [-0.25, -0.2) is 4.79 Å². The minimum absolute atomic E-state index is 0.352. The maximum Gasteiger partial charge on any atom is 0.335 e. The fraction of sp³-hybridized carbons (Fsp3) is 0.842. The van der Waals surface area contributed by atoms with Crippen LogP contribution in [0.2, 0.25) is 0 Å². The van der Waals surface area contributed by atoms with Gasteiger partial charge in [-0.2, -0.15) is 0 Å². The number of carbonyl (C=O) groups is 1. The molecule has 0 aliphatic carbocycles. The molecule has 0 spiro atoms. The molecule has 0 bridgehead atoms. The van der Waals surface area contributed by atoms with E-state index in [4.69, 9.17) is 0 Å². The second kappa shape index (κ2) is 16.5. The van der Waals surface area contributed by atoms with Crippen LogP contribution in [0.5, 0.6) is 0 Å². The van der Waals surface area contributed by atoms with Crippen molar-refractivity contribution in [2.45, 2.75) is 96.5 Å². The molecule has 0 aliphatic rings. The van der Waals surface area contributed by atoms with E-state index in [2.05, 4.69) is 17.7 Å². The Morgan fingerprint density at radius 2 is 1.41 bits per heavy atom. The predicted molar refractivity (Wildman–Crippen MR) is 92.9 cm³/mol. The lowest BCUT2D eigenvalue weighted by atomic mass is 10.1. The average molecular weight is 312 g/mol. The average Bonchev–Trinajstić information content (AvgIpc) is 2.54. The smallest absolute Gasteiger partial charge is 0.335 e. The number of hydrogen-bond donors (Lipinski definition) is 1. The summed E-state index contributed by atoms with van der Waals surface area (Å²) in [5.74, 6) is -0.556. The molecule has 130 valence electrons. The maximum absolute atomic E-state index is 11.0. The van der Waals surface area contributed by atoms with Crippen LogP contribution in [0.4, 0.5) is 0 Å². The zero-order valence-electron chi connectivity index (χ0n) is 14.7. The van der Waals surface area contributed by atoms with Gasteiger partial charge in [0.1, 0.15) is 0 Å². The van der Waals surface area contributed by atoms with E-state index < -0.39 is 12.1 Å². The number of ether oxygens (including phenoxy) is 1. The highest BCUT2D eigenvalue weighted by Gasteiger charge is 2.12. The normalized spacial score (nSPS) is 12.7. The molecule has 0 radical (unpaired) electrons. The van der Waals surface area contributed by atoms with Gasteiger partial charge in [-0.15, -0.1) is 0 Å². The molecular formula is C19H36O3. The third kappa shape index (κ3) is 14.1. The highest BCUT2D eigenvalue weighted by atomic mass is 16.5. The van der Waals surface area contributed by atoms with E-state index in [1.165, 1.54) is 77.7 Å². The maximum atomic E-state index is 11.0. The Labute approximate surface area is 137 Å². The Kier molecular flexibility index (Phi) is 15.9. The molecule has 0 amide bonds. The minimum Gasteiger partial charge on any atom is -0.467 e. The highest BCUT2D eigenvalue weighted by molar-refractivity contribution is 5.74. The number of unbranched alkanes of at least 4 members (excludes halogenated alkanes) is 11. The van der Waals surface area contributed by atoms with Crippen LogP contribution in [0.3, 0.4) is 0 Å². The van der Waals surface area contributed by atoms with E-state index in [-0.39, 0.29) is 0 Å². The fourth-order valence-corrected chi connectivity index (χ4v) is 2.50. The summed E-state index contributed by atoms with van der Waals surface area (Å²) in [4.78, 5) is 11.0. The Balaban J connectivity index is 3.21. The Morgan fingerprint density at radius 3 is 1.91 bits per heavy atom.